The van der Waals surface area contributed by atoms with Crippen LogP contribution in [0.5, 0.6) is 0 Å². The third-order valence-corrected chi connectivity index (χ3v) is 4.52. The second-order valence-electron chi connectivity index (χ2n) is 5.67. The summed E-state index contributed by atoms with van der Waals surface area (Å²) in [5, 5.41) is 5.26. The lowest BCUT2D eigenvalue weighted by atomic mass is 9.96. The number of hydrogen-bond donors (Lipinski definition) is 0. The van der Waals surface area contributed by atoms with Crippen molar-refractivity contribution >= 4 is 21.5 Å². The minimum absolute atomic E-state index is 1.00. The smallest absolute Gasteiger partial charge is 0.0746 e. The first kappa shape index (κ1) is 11.0. The molecule has 0 atom stereocenters. The van der Waals surface area contributed by atoms with Crippen molar-refractivity contribution < 1.29 is 0 Å². The molecular weight excluding hydrogens is 254 g/mol. The summed E-state index contributed by atoms with van der Waals surface area (Å²) in [7, 11) is 0. The highest BCUT2D eigenvalue weighted by molar-refractivity contribution is 6.13. The highest BCUT2D eigenvalue weighted by Crippen LogP contribution is 2.41. The summed E-state index contributed by atoms with van der Waals surface area (Å²) >= 11 is 0. The van der Waals surface area contributed by atoms with Crippen LogP contribution in [0.1, 0.15) is 11.1 Å². The van der Waals surface area contributed by atoms with E-state index in [1.807, 2.05) is 12.3 Å². The van der Waals surface area contributed by atoms with E-state index in [1.54, 1.807) is 0 Å². The molecule has 1 nitrogen and oxygen atoms in total. The van der Waals surface area contributed by atoms with E-state index in [0.29, 0.717) is 0 Å². The van der Waals surface area contributed by atoms with Crippen LogP contribution < -0.4 is 0 Å². The number of aromatic nitrogens is 1. The number of rotatable bonds is 0. The Labute approximate surface area is 122 Å². The fourth-order valence-electron chi connectivity index (χ4n) is 3.57. The Hall–Kier alpha value is -2.67. The van der Waals surface area contributed by atoms with Gasteiger partial charge in [0.1, 0.15) is 0 Å². The lowest BCUT2D eigenvalue weighted by molar-refractivity contribution is 1.23. The number of pyridine rings is 1. The first-order chi connectivity index (χ1) is 10.4. The van der Waals surface area contributed by atoms with Crippen molar-refractivity contribution in [3.63, 3.8) is 0 Å². The predicted molar refractivity (Wildman–Crippen MR) is 87.5 cm³/mol. The lowest BCUT2D eigenvalue weighted by Gasteiger charge is -2.09. The molecule has 21 heavy (non-hydrogen) atoms. The van der Waals surface area contributed by atoms with Gasteiger partial charge in [0.15, 0.2) is 0 Å². The van der Waals surface area contributed by atoms with E-state index in [2.05, 4.69) is 59.6 Å². The van der Waals surface area contributed by atoms with E-state index in [9.17, 15) is 0 Å². The predicted octanol–water partition coefficient (Wildman–Crippen LogP) is 4.96. The zero-order valence-corrected chi connectivity index (χ0v) is 11.5. The van der Waals surface area contributed by atoms with Crippen molar-refractivity contribution in [2.45, 2.75) is 6.42 Å². The zero-order chi connectivity index (χ0) is 13.8. The molecule has 4 aromatic rings. The van der Waals surface area contributed by atoms with Gasteiger partial charge in [-0.15, -0.1) is 0 Å². The van der Waals surface area contributed by atoms with Crippen LogP contribution in [-0.2, 0) is 6.42 Å². The molecule has 1 heterocycles. The van der Waals surface area contributed by atoms with Crippen molar-refractivity contribution in [3.05, 3.63) is 78.0 Å². The van der Waals surface area contributed by atoms with Gasteiger partial charge in [0.05, 0.1) is 5.69 Å². The van der Waals surface area contributed by atoms with E-state index < -0.39 is 0 Å². The zero-order valence-electron chi connectivity index (χ0n) is 11.5. The monoisotopic (exact) mass is 267 g/mol. The first-order valence-electron chi connectivity index (χ1n) is 7.29. The highest BCUT2D eigenvalue weighted by atomic mass is 14.7. The van der Waals surface area contributed by atoms with Gasteiger partial charge < -0.3 is 0 Å². The molecule has 0 aliphatic heterocycles. The number of fused-ring (bicyclic) bond motifs is 7. The summed E-state index contributed by atoms with van der Waals surface area (Å²) < 4.78 is 0. The topological polar surface area (TPSA) is 12.9 Å². The Morgan fingerprint density at radius 3 is 2.57 bits per heavy atom. The summed E-state index contributed by atoms with van der Waals surface area (Å²) in [6, 6.07) is 21.8. The molecule has 1 aliphatic carbocycles. The summed E-state index contributed by atoms with van der Waals surface area (Å²) in [6.45, 7) is 0. The summed E-state index contributed by atoms with van der Waals surface area (Å²) in [5.41, 5.74) is 5.22. The minimum atomic E-state index is 1.00. The van der Waals surface area contributed by atoms with Gasteiger partial charge in [-0.3, -0.25) is 4.98 Å². The molecule has 1 aromatic heterocycles. The standard InChI is InChI=1S/C20H13N/c1-2-6-16-13(4-1)7-10-18-17(16)9-8-14-12-15-5-3-11-21-20(15)19(14)18/h1-11H,12H2. The molecule has 0 saturated carbocycles. The van der Waals surface area contributed by atoms with Gasteiger partial charge in [-0.1, -0.05) is 54.6 Å². The Morgan fingerprint density at radius 1 is 0.667 bits per heavy atom. The maximum absolute atomic E-state index is 4.63. The SMILES string of the molecule is c1cnc2c(c1)Cc1ccc3c(ccc4ccccc43)c1-2. The van der Waals surface area contributed by atoms with E-state index >= 15 is 0 Å². The van der Waals surface area contributed by atoms with Gasteiger partial charge >= 0.3 is 0 Å². The molecule has 0 bridgehead atoms. The fraction of sp³-hybridized carbons (Fsp3) is 0.0500. The average molecular weight is 267 g/mol. The van der Waals surface area contributed by atoms with Gasteiger partial charge in [-0.2, -0.15) is 0 Å². The largest absolute Gasteiger partial charge is 0.256 e. The van der Waals surface area contributed by atoms with Crippen LogP contribution in [0.4, 0.5) is 0 Å². The van der Waals surface area contributed by atoms with Crippen LogP contribution in [0.3, 0.4) is 0 Å². The van der Waals surface area contributed by atoms with Crippen LogP contribution in [0.25, 0.3) is 32.8 Å². The maximum Gasteiger partial charge on any atom is 0.0746 e. The van der Waals surface area contributed by atoms with Crippen LogP contribution in [0, 0.1) is 0 Å². The van der Waals surface area contributed by atoms with Crippen LogP contribution in [-0.4, -0.2) is 4.98 Å². The Kier molecular flexibility index (Phi) is 2.06. The molecule has 0 N–H and O–H groups in total. The van der Waals surface area contributed by atoms with Crippen LogP contribution in [0.2, 0.25) is 0 Å². The lowest BCUT2D eigenvalue weighted by Crippen LogP contribution is -1.85. The molecular formula is C20H13N. The van der Waals surface area contributed by atoms with Gasteiger partial charge in [-0.25, -0.2) is 0 Å². The molecule has 0 saturated heterocycles. The highest BCUT2D eigenvalue weighted by Gasteiger charge is 2.21. The molecule has 0 amide bonds. The summed E-state index contributed by atoms with van der Waals surface area (Å²) in [4.78, 5) is 4.63. The number of benzene rings is 3. The number of nitrogens with zero attached hydrogens (tertiary/aromatic N) is 1. The second-order valence-corrected chi connectivity index (χ2v) is 5.67. The Bertz CT molecular complexity index is 1010. The molecule has 5 rings (SSSR count). The van der Waals surface area contributed by atoms with Gasteiger partial charge in [-0.05, 0) is 38.7 Å². The average Bonchev–Trinajstić information content (AvgIpc) is 2.93. The van der Waals surface area contributed by atoms with Crippen LogP contribution in [0.15, 0.2) is 66.9 Å². The maximum atomic E-state index is 4.63. The molecule has 0 unspecified atom stereocenters. The first-order valence-corrected chi connectivity index (χ1v) is 7.29. The molecule has 1 aliphatic rings. The van der Waals surface area contributed by atoms with E-state index in [-0.39, 0.29) is 0 Å². The fourth-order valence-corrected chi connectivity index (χ4v) is 3.57. The van der Waals surface area contributed by atoms with E-state index in [1.165, 1.54) is 38.2 Å². The molecule has 0 spiro atoms. The molecule has 1 heteroatoms. The normalized spacial score (nSPS) is 12.6. The van der Waals surface area contributed by atoms with Gasteiger partial charge in [0.25, 0.3) is 0 Å². The Morgan fingerprint density at radius 2 is 1.57 bits per heavy atom. The van der Waals surface area contributed by atoms with E-state index in [0.717, 1.165) is 12.1 Å². The summed E-state index contributed by atoms with van der Waals surface area (Å²) in [6.07, 6.45) is 2.90. The van der Waals surface area contributed by atoms with Gasteiger partial charge in [0, 0.05) is 18.2 Å². The van der Waals surface area contributed by atoms with Crippen molar-refractivity contribution in [2.75, 3.05) is 0 Å². The second kappa shape index (κ2) is 3.92. The third kappa shape index (κ3) is 1.43. The van der Waals surface area contributed by atoms with Crippen LogP contribution >= 0.6 is 0 Å². The summed E-state index contributed by atoms with van der Waals surface area (Å²) in [5.74, 6) is 0. The molecule has 0 fully saturated rings. The van der Waals surface area contributed by atoms with E-state index in [4.69, 9.17) is 0 Å². The molecule has 98 valence electrons. The van der Waals surface area contributed by atoms with Crippen molar-refractivity contribution in [1.82, 2.24) is 4.98 Å². The van der Waals surface area contributed by atoms with Crippen molar-refractivity contribution in [2.24, 2.45) is 0 Å². The third-order valence-electron chi connectivity index (χ3n) is 4.52. The quantitative estimate of drug-likeness (QED) is 0.361. The van der Waals surface area contributed by atoms with Crippen molar-refractivity contribution in [1.29, 1.82) is 0 Å². The molecule has 3 aromatic carbocycles. The van der Waals surface area contributed by atoms with Crippen molar-refractivity contribution in [3.8, 4) is 11.3 Å². The molecule has 0 radical (unpaired) electrons. The Balaban J connectivity index is 1.97. The van der Waals surface area contributed by atoms with Gasteiger partial charge in [0.2, 0.25) is 0 Å². The number of hydrogen-bond acceptors (Lipinski definition) is 1. The minimum Gasteiger partial charge on any atom is -0.256 e.